The van der Waals surface area contributed by atoms with E-state index in [0.29, 0.717) is 0 Å². The third kappa shape index (κ3) is 4.41. The quantitative estimate of drug-likeness (QED) is 0.396. The Morgan fingerprint density at radius 1 is 1.43 bits per heavy atom. The van der Waals surface area contributed by atoms with Gasteiger partial charge in [-0.3, -0.25) is 0 Å². The normalized spacial score (nSPS) is 12.2. The number of unbranched alkanes of at least 4 members (excludes halogenated alkanes) is 2. The number of hydrogen-bond acceptors (Lipinski definition) is 1. The monoisotopic (exact) mass is 310 g/mol. The Labute approximate surface area is 103 Å². The van der Waals surface area contributed by atoms with Crippen molar-refractivity contribution >= 4 is 0 Å². The Hall–Kier alpha value is -0.100. The summed E-state index contributed by atoms with van der Waals surface area (Å²) in [6, 6.07) is 0. The minimum absolute atomic E-state index is 0. The number of aryl methyl sites for hydroxylation is 1. The summed E-state index contributed by atoms with van der Waals surface area (Å²) in [6.45, 7) is 2.17. The molecule has 0 amide bonds. The molecule has 1 aromatic heterocycles. The Bertz CT molecular complexity index is 250. The first-order valence-electron chi connectivity index (χ1n) is 4.95. The Kier molecular flexibility index (Phi) is 7.17. The molecule has 1 heterocycles. The fourth-order valence-corrected chi connectivity index (χ4v) is 1.37. The molecule has 1 N–H and O–H groups in total. The van der Waals surface area contributed by atoms with Crippen molar-refractivity contribution in [2.75, 3.05) is 0 Å². The highest BCUT2D eigenvalue weighted by molar-refractivity contribution is 4.69. The summed E-state index contributed by atoms with van der Waals surface area (Å²) in [5.74, 6) is 0. The number of nitrogens with zero attached hydrogens (tertiary/aromatic N) is 2. The van der Waals surface area contributed by atoms with Crippen LogP contribution in [0.25, 0.3) is 0 Å². The summed E-state index contributed by atoms with van der Waals surface area (Å²) in [5, 5.41) is 9.71. The smallest absolute Gasteiger partial charge is 0.245 e. The fourth-order valence-electron chi connectivity index (χ4n) is 1.37. The number of aliphatic hydroxyl groups excluding tert-OH is 1. The second kappa shape index (κ2) is 7.23. The molecule has 0 aliphatic carbocycles. The van der Waals surface area contributed by atoms with Crippen LogP contribution in [0, 0.1) is 0 Å². The highest BCUT2D eigenvalue weighted by Gasteiger charge is 2.10. The van der Waals surface area contributed by atoms with E-state index < -0.39 is 0 Å². The van der Waals surface area contributed by atoms with Gasteiger partial charge in [-0.15, -0.1) is 0 Å². The summed E-state index contributed by atoms with van der Waals surface area (Å²) in [5.41, 5.74) is 0. The molecule has 14 heavy (non-hydrogen) atoms. The van der Waals surface area contributed by atoms with Crippen molar-refractivity contribution in [2.24, 2.45) is 7.05 Å². The zero-order valence-electron chi connectivity index (χ0n) is 8.86. The van der Waals surface area contributed by atoms with Gasteiger partial charge in [0.15, 0.2) is 6.23 Å². The molecule has 0 fully saturated rings. The average molecular weight is 310 g/mol. The van der Waals surface area contributed by atoms with Crippen LogP contribution in [0.1, 0.15) is 38.8 Å². The van der Waals surface area contributed by atoms with E-state index in [9.17, 15) is 5.11 Å². The van der Waals surface area contributed by atoms with Crippen molar-refractivity contribution < 1.29 is 33.7 Å². The van der Waals surface area contributed by atoms with Crippen LogP contribution in [0.3, 0.4) is 0 Å². The second-order valence-corrected chi connectivity index (χ2v) is 3.50. The fraction of sp³-hybridized carbons (Fsp3) is 0.700. The lowest BCUT2D eigenvalue weighted by molar-refractivity contribution is -0.671. The number of rotatable bonds is 5. The third-order valence-electron chi connectivity index (χ3n) is 2.20. The van der Waals surface area contributed by atoms with Gasteiger partial charge < -0.3 is 29.1 Å². The van der Waals surface area contributed by atoms with E-state index >= 15 is 0 Å². The van der Waals surface area contributed by atoms with Crippen molar-refractivity contribution in [3.8, 4) is 0 Å². The third-order valence-corrected chi connectivity index (χ3v) is 2.20. The summed E-state index contributed by atoms with van der Waals surface area (Å²) in [4.78, 5) is 0. The molecule has 1 rings (SSSR count). The topological polar surface area (TPSA) is 29.0 Å². The average Bonchev–Trinajstić information content (AvgIpc) is 2.52. The van der Waals surface area contributed by atoms with E-state index in [1.54, 1.807) is 0 Å². The molecule has 1 unspecified atom stereocenters. The van der Waals surface area contributed by atoms with Gasteiger partial charge in [0.1, 0.15) is 12.4 Å². The number of aliphatic hydroxyl groups is 1. The van der Waals surface area contributed by atoms with Crippen LogP contribution in [-0.4, -0.2) is 9.67 Å². The lowest BCUT2D eigenvalue weighted by Gasteiger charge is -2.05. The number of aromatic nitrogens is 2. The molecule has 82 valence electrons. The lowest BCUT2D eigenvalue weighted by atomic mass is 10.2. The summed E-state index contributed by atoms with van der Waals surface area (Å²) < 4.78 is 3.78. The van der Waals surface area contributed by atoms with Crippen LogP contribution >= 0.6 is 0 Å². The molecule has 0 saturated carbocycles. The van der Waals surface area contributed by atoms with Crippen LogP contribution in [0.2, 0.25) is 0 Å². The minimum atomic E-state index is -0.354. The van der Waals surface area contributed by atoms with Gasteiger partial charge in [-0.05, 0) is 6.42 Å². The van der Waals surface area contributed by atoms with Crippen LogP contribution in [-0.2, 0) is 7.05 Å². The van der Waals surface area contributed by atoms with Crippen molar-refractivity contribution in [3.05, 3.63) is 18.7 Å². The maximum atomic E-state index is 9.71. The first kappa shape index (κ1) is 13.9. The van der Waals surface area contributed by atoms with Gasteiger partial charge in [0.25, 0.3) is 0 Å². The van der Waals surface area contributed by atoms with E-state index in [1.165, 1.54) is 12.8 Å². The first-order chi connectivity index (χ1) is 6.24. The van der Waals surface area contributed by atoms with E-state index in [2.05, 4.69) is 6.92 Å². The van der Waals surface area contributed by atoms with E-state index in [4.69, 9.17) is 0 Å². The van der Waals surface area contributed by atoms with Gasteiger partial charge in [-0.25, -0.2) is 9.13 Å². The van der Waals surface area contributed by atoms with Crippen LogP contribution in [0.4, 0.5) is 0 Å². The van der Waals surface area contributed by atoms with Gasteiger partial charge in [-0.1, -0.05) is 19.8 Å². The van der Waals surface area contributed by atoms with Crippen LogP contribution in [0.5, 0.6) is 0 Å². The van der Waals surface area contributed by atoms with Crippen LogP contribution in [0.15, 0.2) is 18.7 Å². The van der Waals surface area contributed by atoms with Gasteiger partial charge in [0.2, 0.25) is 6.33 Å². The van der Waals surface area contributed by atoms with Crippen molar-refractivity contribution in [3.63, 3.8) is 0 Å². The SMILES string of the molecule is CCCCCC(O)n1cc[n+](C)c1.[I-]. The van der Waals surface area contributed by atoms with E-state index in [1.807, 2.05) is 34.9 Å². The summed E-state index contributed by atoms with van der Waals surface area (Å²) in [7, 11) is 1.95. The molecular weight excluding hydrogens is 291 g/mol. The number of hydrogen-bond donors (Lipinski definition) is 1. The second-order valence-electron chi connectivity index (χ2n) is 3.50. The number of imidazole rings is 1. The van der Waals surface area contributed by atoms with Crippen molar-refractivity contribution in [1.29, 1.82) is 0 Å². The molecule has 3 nitrogen and oxygen atoms in total. The minimum Gasteiger partial charge on any atom is -1.00 e. The van der Waals surface area contributed by atoms with Gasteiger partial charge in [0.05, 0.1) is 7.05 Å². The molecule has 0 spiro atoms. The highest BCUT2D eigenvalue weighted by atomic mass is 127. The molecule has 0 aliphatic rings. The van der Waals surface area contributed by atoms with Crippen LogP contribution < -0.4 is 28.5 Å². The van der Waals surface area contributed by atoms with Gasteiger partial charge >= 0.3 is 0 Å². The number of halogens is 1. The van der Waals surface area contributed by atoms with Gasteiger partial charge in [0, 0.05) is 6.42 Å². The molecular formula is C10H19IN2O. The Morgan fingerprint density at radius 3 is 2.64 bits per heavy atom. The maximum Gasteiger partial charge on any atom is 0.245 e. The predicted molar refractivity (Wildman–Crippen MR) is 51.0 cm³/mol. The molecule has 0 saturated heterocycles. The highest BCUT2D eigenvalue weighted by Crippen LogP contribution is 2.11. The molecule has 1 aromatic rings. The molecule has 0 bridgehead atoms. The summed E-state index contributed by atoms with van der Waals surface area (Å²) >= 11 is 0. The van der Waals surface area contributed by atoms with E-state index in [-0.39, 0.29) is 30.2 Å². The Balaban J connectivity index is 0.00000169. The predicted octanol–water partition coefficient (Wildman–Crippen LogP) is -1.61. The molecule has 0 radical (unpaired) electrons. The molecule has 0 aromatic carbocycles. The van der Waals surface area contributed by atoms with Crippen molar-refractivity contribution in [1.82, 2.24) is 4.57 Å². The maximum absolute atomic E-state index is 9.71. The lowest BCUT2D eigenvalue weighted by Crippen LogP contribution is -3.00. The van der Waals surface area contributed by atoms with E-state index in [0.717, 1.165) is 12.8 Å². The summed E-state index contributed by atoms with van der Waals surface area (Å²) in [6.07, 6.45) is 9.72. The molecule has 1 atom stereocenters. The van der Waals surface area contributed by atoms with Crippen molar-refractivity contribution in [2.45, 2.75) is 38.8 Å². The largest absolute Gasteiger partial charge is 1.00 e. The molecule has 4 heteroatoms. The Morgan fingerprint density at radius 2 is 2.14 bits per heavy atom. The first-order valence-corrected chi connectivity index (χ1v) is 4.95. The zero-order chi connectivity index (χ0) is 9.68. The standard InChI is InChI=1S/C10H19N2O.HI/c1-3-4-5-6-10(13)12-8-7-11(2)9-12;/h7-10,13H,3-6H2,1-2H3;1H/q+1;/p-1. The zero-order valence-corrected chi connectivity index (χ0v) is 11.0. The molecule has 0 aliphatic heterocycles. The van der Waals surface area contributed by atoms with Gasteiger partial charge in [-0.2, -0.15) is 0 Å².